The number of piperazine rings is 1. The van der Waals surface area contributed by atoms with Gasteiger partial charge in [-0.05, 0) is 31.7 Å². The van der Waals surface area contributed by atoms with Crippen LogP contribution in [-0.2, 0) is 6.42 Å². The molecule has 1 saturated carbocycles. The van der Waals surface area contributed by atoms with Gasteiger partial charge in [0.1, 0.15) is 0 Å². The minimum absolute atomic E-state index is 0.254. The van der Waals surface area contributed by atoms with Crippen molar-refractivity contribution < 1.29 is 4.79 Å². The Bertz CT molecular complexity index is 511. The lowest BCUT2D eigenvalue weighted by Crippen LogP contribution is -2.52. The van der Waals surface area contributed by atoms with Crippen molar-refractivity contribution in [1.82, 2.24) is 9.80 Å². The van der Waals surface area contributed by atoms with Gasteiger partial charge in [-0.2, -0.15) is 0 Å². The van der Waals surface area contributed by atoms with Gasteiger partial charge in [0.25, 0.3) is 5.91 Å². The van der Waals surface area contributed by atoms with Crippen LogP contribution in [0, 0.1) is 6.92 Å². The molecule has 1 aliphatic heterocycles. The second-order valence-corrected chi connectivity index (χ2v) is 7.74. The number of carbonyl (C=O) groups excluding carboxylic acids is 1. The molecule has 0 radical (unpaired) electrons. The number of amides is 1. The first-order valence-corrected chi connectivity index (χ1v) is 9.69. The van der Waals surface area contributed by atoms with Crippen molar-refractivity contribution in [2.24, 2.45) is 0 Å². The van der Waals surface area contributed by atoms with Crippen molar-refractivity contribution in [1.29, 1.82) is 0 Å². The molecule has 0 bridgehead atoms. The average molecular weight is 321 g/mol. The van der Waals surface area contributed by atoms with Gasteiger partial charge >= 0.3 is 0 Å². The maximum atomic E-state index is 12.8. The summed E-state index contributed by atoms with van der Waals surface area (Å²) in [5.41, 5.74) is 2.21. The highest BCUT2D eigenvalue weighted by Crippen LogP contribution is 2.26. The van der Waals surface area contributed by atoms with E-state index in [1.807, 2.05) is 0 Å². The van der Waals surface area contributed by atoms with E-state index in [0.717, 1.165) is 44.2 Å². The number of carbonyl (C=O) groups is 1. The molecule has 22 heavy (non-hydrogen) atoms. The highest BCUT2D eigenvalue weighted by Gasteiger charge is 2.28. The molecule has 0 atom stereocenters. The zero-order valence-electron chi connectivity index (χ0n) is 13.9. The van der Waals surface area contributed by atoms with Crippen molar-refractivity contribution in [2.45, 2.75) is 58.4 Å². The van der Waals surface area contributed by atoms with E-state index in [-0.39, 0.29) is 5.91 Å². The molecular formula is C18H28N2OS. The lowest BCUT2D eigenvalue weighted by atomic mass is 9.94. The molecule has 1 amide bonds. The molecule has 2 aliphatic rings. The second kappa shape index (κ2) is 7.14. The van der Waals surface area contributed by atoms with Gasteiger partial charge in [-0.15, -0.1) is 11.3 Å². The predicted octanol–water partition coefficient (Wildman–Crippen LogP) is 3.71. The number of nitrogens with zero attached hydrogens (tertiary/aromatic N) is 2. The standard InChI is InChI=1S/C18H28N2OS/c1-3-16-14(2)22-13-17(16)18(21)20-11-9-19(10-12-20)15-7-5-4-6-8-15/h13,15H,3-12H2,1-2H3. The maximum absolute atomic E-state index is 12.8. The maximum Gasteiger partial charge on any atom is 0.255 e. The van der Waals surface area contributed by atoms with E-state index in [2.05, 4.69) is 29.0 Å². The molecule has 1 aromatic rings. The highest BCUT2D eigenvalue weighted by atomic mass is 32.1. The molecule has 2 fully saturated rings. The molecule has 3 rings (SSSR count). The van der Waals surface area contributed by atoms with Crippen LogP contribution < -0.4 is 0 Å². The summed E-state index contributed by atoms with van der Waals surface area (Å²) in [6.45, 7) is 8.18. The van der Waals surface area contributed by atoms with Gasteiger partial charge in [-0.25, -0.2) is 0 Å². The lowest BCUT2D eigenvalue weighted by molar-refractivity contribution is 0.0523. The van der Waals surface area contributed by atoms with E-state index in [1.165, 1.54) is 42.5 Å². The van der Waals surface area contributed by atoms with Crippen molar-refractivity contribution in [3.63, 3.8) is 0 Å². The van der Waals surface area contributed by atoms with Crippen LogP contribution in [0.25, 0.3) is 0 Å². The Morgan fingerprint density at radius 2 is 1.86 bits per heavy atom. The summed E-state index contributed by atoms with van der Waals surface area (Å²) in [6.07, 6.45) is 7.86. The molecule has 1 aromatic heterocycles. The summed E-state index contributed by atoms with van der Waals surface area (Å²) in [6, 6.07) is 0.778. The second-order valence-electron chi connectivity index (χ2n) is 6.66. The first-order chi connectivity index (χ1) is 10.7. The summed E-state index contributed by atoms with van der Waals surface area (Å²) in [5.74, 6) is 0.254. The number of aryl methyl sites for hydroxylation is 1. The monoisotopic (exact) mass is 320 g/mol. The largest absolute Gasteiger partial charge is 0.336 e. The van der Waals surface area contributed by atoms with Gasteiger partial charge in [-0.3, -0.25) is 9.69 Å². The van der Waals surface area contributed by atoms with E-state index < -0.39 is 0 Å². The van der Waals surface area contributed by atoms with Crippen LogP contribution in [0.5, 0.6) is 0 Å². The Labute approximate surface area is 138 Å². The molecule has 0 aromatic carbocycles. The molecular weight excluding hydrogens is 292 g/mol. The molecule has 122 valence electrons. The lowest BCUT2D eigenvalue weighted by Gasteiger charge is -2.40. The fourth-order valence-electron chi connectivity index (χ4n) is 4.00. The Hall–Kier alpha value is -0.870. The summed E-state index contributed by atoms with van der Waals surface area (Å²) in [4.78, 5) is 18.8. The van der Waals surface area contributed by atoms with E-state index in [4.69, 9.17) is 0 Å². The Morgan fingerprint density at radius 1 is 1.18 bits per heavy atom. The number of thiophene rings is 1. The van der Waals surface area contributed by atoms with Crippen LogP contribution in [-0.4, -0.2) is 47.9 Å². The smallest absolute Gasteiger partial charge is 0.255 e. The van der Waals surface area contributed by atoms with Crippen molar-refractivity contribution in [3.8, 4) is 0 Å². The molecule has 1 aliphatic carbocycles. The molecule has 0 unspecified atom stereocenters. The molecule has 1 saturated heterocycles. The van der Waals surface area contributed by atoms with Crippen molar-refractivity contribution in [3.05, 3.63) is 21.4 Å². The SMILES string of the molecule is CCc1c(C(=O)N2CCN(C3CCCCC3)CC2)csc1C. The quantitative estimate of drug-likeness (QED) is 0.847. The molecule has 2 heterocycles. The Morgan fingerprint density at radius 3 is 2.50 bits per heavy atom. The van der Waals surface area contributed by atoms with Crippen molar-refractivity contribution in [2.75, 3.05) is 26.2 Å². The first kappa shape index (κ1) is 16.0. The normalized spacial score (nSPS) is 21.3. The third-order valence-corrected chi connectivity index (χ3v) is 6.33. The molecule has 0 spiro atoms. The van der Waals surface area contributed by atoms with Gasteiger partial charge in [-0.1, -0.05) is 26.2 Å². The van der Waals surface area contributed by atoms with Crippen molar-refractivity contribution >= 4 is 17.2 Å². The van der Waals surface area contributed by atoms with Crippen LogP contribution in [0.2, 0.25) is 0 Å². The molecule has 0 N–H and O–H groups in total. The molecule has 4 heteroatoms. The van der Waals surface area contributed by atoms with E-state index in [9.17, 15) is 4.79 Å². The van der Waals surface area contributed by atoms with Gasteiger partial charge in [0.2, 0.25) is 0 Å². The van der Waals surface area contributed by atoms with E-state index in [0.29, 0.717) is 0 Å². The fourth-order valence-corrected chi connectivity index (χ4v) is 4.94. The summed E-state index contributed by atoms with van der Waals surface area (Å²) >= 11 is 1.71. The van der Waals surface area contributed by atoms with Crippen LogP contribution in [0.15, 0.2) is 5.38 Å². The van der Waals surface area contributed by atoms with Gasteiger partial charge in [0.05, 0.1) is 5.56 Å². The Kier molecular flexibility index (Phi) is 5.19. The van der Waals surface area contributed by atoms with Gasteiger partial charge < -0.3 is 4.90 Å². The number of rotatable bonds is 3. The first-order valence-electron chi connectivity index (χ1n) is 8.81. The van der Waals surface area contributed by atoms with E-state index in [1.54, 1.807) is 11.3 Å². The summed E-state index contributed by atoms with van der Waals surface area (Å²) in [7, 11) is 0. The number of hydrogen-bond donors (Lipinski definition) is 0. The van der Waals surface area contributed by atoms with Crippen LogP contribution in [0.1, 0.15) is 59.8 Å². The zero-order valence-corrected chi connectivity index (χ0v) is 14.8. The van der Waals surface area contributed by atoms with Crippen LogP contribution in [0.4, 0.5) is 0 Å². The van der Waals surface area contributed by atoms with Crippen LogP contribution in [0.3, 0.4) is 0 Å². The van der Waals surface area contributed by atoms with E-state index >= 15 is 0 Å². The fraction of sp³-hybridized carbons (Fsp3) is 0.722. The average Bonchev–Trinajstić information content (AvgIpc) is 2.96. The summed E-state index contributed by atoms with van der Waals surface area (Å²) in [5, 5.41) is 2.06. The predicted molar refractivity (Wildman–Crippen MR) is 92.8 cm³/mol. The third kappa shape index (κ3) is 3.23. The Balaban J connectivity index is 1.59. The minimum atomic E-state index is 0.254. The molecule has 3 nitrogen and oxygen atoms in total. The zero-order chi connectivity index (χ0) is 15.5. The highest BCUT2D eigenvalue weighted by molar-refractivity contribution is 7.10. The topological polar surface area (TPSA) is 23.6 Å². The van der Waals surface area contributed by atoms with Gasteiger partial charge in [0, 0.05) is 42.5 Å². The number of hydrogen-bond acceptors (Lipinski definition) is 3. The summed E-state index contributed by atoms with van der Waals surface area (Å²) < 4.78 is 0. The third-order valence-electron chi connectivity index (χ3n) is 5.38. The van der Waals surface area contributed by atoms with Gasteiger partial charge in [0.15, 0.2) is 0 Å². The van der Waals surface area contributed by atoms with Crippen LogP contribution >= 0.6 is 11.3 Å². The minimum Gasteiger partial charge on any atom is -0.336 e.